The van der Waals surface area contributed by atoms with Crippen LogP contribution in [0.4, 0.5) is 32.0 Å². The van der Waals surface area contributed by atoms with E-state index in [4.69, 9.17) is 0 Å². The predicted octanol–water partition coefficient (Wildman–Crippen LogP) is 5.47. The smallest absolute Gasteiger partial charge is 0.381 e. The summed E-state index contributed by atoms with van der Waals surface area (Å²) >= 11 is 0. The second-order valence-corrected chi connectivity index (χ2v) is 8.72. The van der Waals surface area contributed by atoms with Crippen LogP contribution >= 0.6 is 0 Å². The first kappa shape index (κ1) is 26.9. The zero-order valence-corrected chi connectivity index (χ0v) is 19.8. The van der Waals surface area contributed by atoms with Crippen LogP contribution in [0.25, 0.3) is 22.0 Å². The number of hydrogen-bond acceptors (Lipinski definition) is 5. The van der Waals surface area contributed by atoms with Gasteiger partial charge in [-0.1, -0.05) is 6.07 Å². The first-order chi connectivity index (χ1) is 17.8. The molecular weight excluding hydrogens is 516 g/mol. The number of halogens is 6. The van der Waals surface area contributed by atoms with E-state index >= 15 is 0 Å². The van der Waals surface area contributed by atoms with Gasteiger partial charge in [0.05, 0.1) is 23.1 Å². The van der Waals surface area contributed by atoms with Gasteiger partial charge in [-0.15, -0.1) is 0 Å². The molecule has 1 aromatic carbocycles. The standard InChI is InChI=1S/C25H21F6N5O2/c1-14(34-20-13-33-35-22(37)21(20)25(29,30)31)3-2-9-36-10-8-15-11-16(4-6-18(15)23(36)38)19-7-5-17(12-32-19)24(26,27)28/h4-8,10-14H,2-3,9H2,1H3,(H2,34,35,37)/t14-/m1/s1. The van der Waals surface area contributed by atoms with E-state index in [2.05, 4.69) is 15.4 Å². The summed E-state index contributed by atoms with van der Waals surface area (Å²) in [4.78, 5) is 28.4. The molecule has 0 amide bonds. The summed E-state index contributed by atoms with van der Waals surface area (Å²) in [5, 5.41) is 8.85. The van der Waals surface area contributed by atoms with Gasteiger partial charge in [0, 0.05) is 35.9 Å². The number of hydrogen-bond donors (Lipinski definition) is 2. The largest absolute Gasteiger partial charge is 0.423 e. The second-order valence-electron chi connectivity index (χ2n) is 8.72. The average molecular weight is 537 g/mol. The topological polar surface area (TPSA) is 92.7 Å². The van der Waals surface area contributed by atoms with Crippen molar-refractivity contribution in [2.45, 2.75) is 44.7 Å². The predicted molar refractivity (Wildman–Crippen MR) is 129 cm³/mol. The van der Waals surface area contributed by atoms with Crippen LogP contribution in [0.3, 0.4) is 0 Å². The summed E-state index contributed by atoms with van der Waals surface area (Å²) in [5.41, 5.74) is -3.37. The van der Waals surface area contributed by atoms with E-state index in [1.807, 2.05) is 0 Å². The van der Waals surface area contributed by atoms with Crippen molar-refractivity contribution in [1.82, 2.24) is 19.7 Å². The molecule has 200 valence electrons. The molecule has 13 heteroatoms. The maximum Gasteiger partial charge on any atom is 0.423 e. The van der Waals surface area contributed by atoms with Crippen LogP contribution in [0.2, 0.25) is 0 Å². The first-order valence-corrected chi connectivity index (χ1v) is 11.4. The molecule has 0 bridgehead atoms. The summed E-state index contributed by atoms with van der Waals surface area (Å²) in [6.45, 7) is 1.95. The van der Waals surface area contributed by atoms with Crippen molar-refractivity contribution in [1.29, 1.82) is 0 Å². The Morgan fingerprint density at radius 3 is 2.42 bits per heavy atom. The van der Waals surface area contributed by atoms with Gasteiger partial charge in [0.1, 0.15) is 5.56 Å². The number of fused-ring (bicyclic) bond motifs is 1. The Kier molecular flexibility index (Phi) is 7.29. The molecule has 0 saturated carbocycles. The molecule has 0 aliphatic heterocycles. The minimum absolute atomic E-state index is 0.284. The van der Waals surface area contributed by atoms with Gasteiger partial charge in [-0.05, 0) is 55.5 Å². The summed E-state index contributed by atoms with van der Waals surface area (Å²) in [6.07, 6.45) is -5.25. The van der Waals surface area contributed by atoms with Crippen LogP contribution in [0.5, 0.6) is 0 Å². The molecule has 0 aliphatic carbocycles. The van der Waals surface area contributed by atoms with Gasteiger partial charge in [-0.25, -0.2) is 5.10 Å². The lowest BCUT2D eigenvalue weighted by Crippen LogP contribution is -2.27. The molecule has 3 aromatic heterocycles. The van der Waals surface area contributed by atoms with Gasteiger partial charge in [-0.2, -0.15) is 31.4 Å². The van der Waals surface area contributed by atoms with E-state index in [9.17, 15) is 35.9 Å². The SMILES string of the molecule is C[C@H](CCCn1ccc2cc(-c3ccc(C(F)(F)F)cn3)ccc2c1=O)Nc1cn[nH]c(=O)c1C(F)(F)F. The van der Waals surface area contributed by atoms with E-state index in [1.54, 1.807) is 42.5 Å². The second kappa shape index (κ2) is 10.3. The van der Waals surface area contributed by atoms with E-state index in [-0.39, 0.29) is 5.56 Å². The molecule has 3 heterocycles. The normalized spacial score (nSPS) is 13.0. The molecule has 0 aliphatic rings. The number of benzene rings is 1. The number of alkyl halides is 6. The maximum absolute atomic E-state index is 13.2. The highest BCUT2D eigenvalue weighted by Gasteiger charge is 2.37. The Morgan fingerprint density at radius 1 is 1.00 bits per heavy atom. The lowest BCUT2D eigenvalue weighted by atomic mass is 10.1. The Labute approximate surface area is 211 Å². The van der Waals surface area contributed by atoms with Gasteiger partial charge < -0.3 is 9.88 Å². The lowest BCUT2D eigenvalue weighted by molar-refractivity contribution is -0.138. The highest BCUT2D eigenvalue weighted by atomic mass is 19.4. The molecule has 7 nitrogen and oxygen atoms in total. The van der Waals surface area contributed by atoms with Crippen LogP contribution in [0, 0.1) is 0 Å². The number of anilines is 1. The van der Waals surface area contributed by atoms with E-state index < -0.39 is 40.8 Å². The average Bonchev–Trinajstić information content (AvgIpc) is 2.84. The number of aromatic nitrogens is 4. The van der Waals surface area contributed by atoms with Crippen molar-refractivity contribution in [3.63, 3.8) is 0 Å². The van der Waals surface area contributed by atoms with E-state index in [1.165, 1.54) is 10.6 Å². The van der Waals surface area contributed by atoms with Crippen molar-refractivity contribution in [2.75, 3.05) is 5.32 Å². The Hall–Kier alpha value is -4.16. The monoisotopic (exact) mass is 537 g/mol. The molecule has 0 saturated heterocycles. The highest BCUT2D eigenvalue weighted by molar-refractivity contribution is 5.86. The van der Waals surface area contributed by atoms with Crippen molar-refractivity contribution in [3.8, 4) is 11.3 Å². The van der Waals surface area contributed by atoms with Gasteiger partial charge in [0.2, 0.25) is 0 Å². The van der Waals surface area contributed by atoms with Crippen LogP contribution in [-0.2, 0) is 18.9 Å². The molecule has 38 heavy (non-hydrogen) atoms. The van der Waals surface area contributed by atoms with Crippen molar-refractivity contribution < 1.29 is 26.3 Å². The Bertz CT molecular complexity index is 1560. The molecule has 0 spiro atoms. The Balaban J connectivity index is 1.43. The summed E-state index contributed by atoms with van der Waals surface area (Å²) in [6, 6.07) is 8.29. The van der Waals surface area contributed by atoms with Crippen LogP contribution in [-0.4, -0.2) is 25.8 Å². The van der Waals surface area contributed by atoms with Crippen molar-refractivity contribution in [2.24, 2.45) is 0 Å². The zero-order valence-electron chi connectivity index (χ0n) is 19.8. The number of rotatable bonds is 7. The van der Waals surface area contributed by atoms with Gasteiger partial charge in [-0.3, -0.25) is 14.6 Å². The summed E-state index contributed by atoms with van der Waals surface area (Å²) in [5.74, 6) is 0. The fraction of sp³-hybridized carbons (Fsp3) is 0.280. The van der Waals surface area contributed by atoms with Crippen LogP contribution in [0.1, 0.15) is 30.9 Å². The van der Waals surface area contributed by atoms with Gasteiger partial charge >= 0.3 is 12.4 Å². The minimum Gasteiger partial charge on any atom is -0.381 e. The molecule has 0 fully saturated rings. The number of nitrogens with zero attached hydrogens (tertiary/aromatic N) is 3. The minimum atomic E-state index is -4.85. The van der Waals surface area contributed by atoms with E-state index in [0.29, 0.717) is 41.4 Å². The quantitative estimate of drug-likeness (QED) is 0.305. The highest BCUT2D eigenvalue weighted by Crippen LogP contribution is 2.32. The molecule has 1 atom stereocenters. The third kappa shape index (κ3) is 5.87. The lowest BCUT2D eigenvalue weighted by Gasteiger charge is -2.18. The number of H-pyrrole nitrogens is 1. The van der Waals surface area contributed by atoms with Gasteiger partial charge in [0.25, 0.3) is 11.1 Å². The fourth-order valence-corrected chi connectivity index (χ4v) is 4.05. The summed E-state index contributed by atoms with van der Waals surface area (Å²) < 4.78 is 79.5. The van der Waals surface area contributed by atoms with Crippen LogP contribution in [0.15, 0.2) is 64.6 Å². The summed E-state index contributed by atoms with van der Waals surface area (Å²) in [7, 11) is 0. The van der Waals surface area contributed by atoms with Crippen molar-refractivity contribution >= 4 is 16.5 Å². The fourth-order valence-electron chi connectivity index (χ4n) is 4.05. The third-order valence-corrected chi connectivity index (χ3v) is 5.94. The third-order valence-electron chi connectivity index (χ3n) is 5.94. The van der Waals surface area contributed by atoms with Crippen LogP contribution < -0.4 is 16.4 Å². The van der Waals surface area contributed by atoms with Gasteiger partial charge in [0.15, 0.2) is 0 Å². The molecule has 2 N–H and O–H groups in total. The molecular formula is C25H21F6N5O2. The number of aromatic amines is 1. The maximum atomic E-state index is 13.2. The Morgan fingerprint density at radius 2 is 1.76 bits per heavy atom. The molecule has 0 unspecified atom stereocenters. The first-order valence-electron chi connectivity index (χ1n) is 11.4. The van der Waals surface area contributed by atoms with E-state index in [0.717, 1.165) is 18.5 Å². The molecule has 4 aromatic rings. The molecule has 4 rings (SSSR count). The molecule has 0 radical (unpaired) electrons. The number of pyridine rings is 2. The number of nitrogens with one attached hydrogen (secondary N) is 2. The van der Waals surface area contributed by atoms with Crippen molar-refractivity contribution in [3.05, 3.63) is 86.8 Å². The zero-order chi connectivity index (χ0) is 27.7. The number of aryl methyl sites for hydroxylation is 1.